The van der Waals surface area contributed by atoms with Crippen molar-refractivity contribution in [1.82, 2.24) is 4.57 Å². The van der Waals surface area contributed by atoms with Crippen LogP contribution in [0.2, 0.25) is 0 Å². The minimum absolute atomic E-state index is 0.0210. The number of hydrogen-bond donors (Lipinski definition) is 0. The van der Waals surface area contributed by atoms with Crippen molar-refractivity contribution in [2.75, 3.05) is 11.6 Å². The Morgan fingerprint density at radius 1 is 1.28 bits per heavy atom. The zero-order chi connectivity index (χ0) is 17.4. The molecule has 0 unspecified atom stereocenters. The number of anilines is 1. The third-order valence-electron chi connectivity index (χ3n) is 3.80. The van der Waals surface area contributed by atoms with Gasteiger partial charge < -0.3 is 4.90 Å². The highest BCUT2D eigenvalue weighted by Crippen LogP contribution is 2.21. The average Bonchev–Trinajstić information content (AvgIpc) is 3.24. The van der Waals surface area contributed by atoms with E-state index in [-0.39, 0.29) is 11.2 Å². The fraction of sp³-hybridized carbons (Fsp3) is 0.125. The number of aromatic nitrogens is 1. The molecule has 7 nitrogen and oxygen atoms in total. The van der Waals surface area contributed by atoms with Gasteiger partial charge in [0.15, 0.2) is 4.80 Å². The lowest BCUT2D eigenvalue weighted by molar-refractivity contribution is -0.384. The van der Waals surface area contributed by atoms with Gasteiger partial charge >= 0.3 is 0 Å². The van der Waals surface area contributed by atoms with E-state index in [9.17, 15) is 14.9 Å². The van der Waals surface area contributed by atoms with Gasteiger partial charge in [0, 0.05) is 22.7 Å². The fourth-order valence-corrected chi connectivity index (χ4v) is 4.27. The molecule has 25 heavy (non-hydrogen) atoms. The molecule has 0 bridgehead atoms. The summed E-state index contributed by atoms with van der Waals surface area (Å²) in [6.45, 7) is 0.688. The molecule has 3 heterocycles. The zero-order valence-corrected chi connectivity index (χ0v) is 14.5. The van der Waals surface area contributed by atoms with Gasteiger partial charge in [-0.15, -0.1) is 11.3 Å². The number of hydrogen-bond acceptors (Lipinski definition) is 7. The summed E-state index contributed by atoms with van der Waals surface area (Å²) in [6, 6.07) is 10.3. The van der Waals surface area contributed by atoms with Gasteiger partial charge in [0.05, 0.1) is 9.46 Å². The molecule has 0 amide bonds. The molecule has 126 valence electrons. The standard InChI is InChI=1S/C16H12N4O3S2/c21-15-14(8-13-5-2-6-24-13)25-16-17-9-18(10-19(15)16)11-3-1-4-12(7-11)20(22)23/h1-8H,9-10H2/b14-8-. The highest BCUT2D eigenvalue weighted by atomic mass is 32.1. The Labute approximate surface area is 149 Å². The summed E-state index contributed by atoms with van der Waals surface area (Å²) in [4.78, 5) is 31.2. The predicted molar refractivity (Wildman–Crippen MR) is 97.7 cm³/mol. The van der Waals surface area contributed by atoms with Gasteiger partial charge in [-0.1, -0.05) is 23.5 Å². The molecule has 0 atom stereocenters. The number of thiazole rings is 1. The molecule has 1 aliphatic heterocycles. The van der Waals surface area contributed by atoms with Gasteiger partial charge in [-0.3, -0.25) is 19.5 Å². The first-order valence-corrected chi connectivity index (χ1v) is 9.10. The van der Waals surface area contributed by atoms with E-state index in [0.717, 1.165) is 4.88 Å². The van der Waals surface area contributed by atoms with Crippen LogP contribution in [-0.2, 0) is 6.67 Å². The number of nitro groups is 1. The van der Waals surface area contributed by atoms with Gasteiger partial charge in [-0.05, 0) is 23.6 Å². The number of nitrogens with zero attached hydrogens (tertiary/aromatic N) is 4. The highest BCUT2D eigenvalue weighted by molar-refractivity contribution is 7.11. The normalized spacial score (nSPS) is 14.2. The molecule has 3 aromatic rings. The Kier molecular flexibility index (Phi) is 3.94. The summed E-state index contributed by atoms with van der Waals surface area (Å²) < 4.78 is 2.24. The molecule has 9 heteroatoms. The molecular weight excluding hydrogens is 360 g/mol. The first kappa shape index (κ1) is 15.7. The molecule has 0 saturated heterocycles. The quantitative estimate of drug-likeness (QED) is 0.518. The van der Waals surface area contributed by atoms with Crippen molar-refractivity contribution >= 4 is 40.1 Å². The maximum Gasteiger partial charge on any atom is 0.271 e. The monoisotopic (exact) mass is 372 g/mol. The van der Waals surface area contributed by atoms with E-state index in [4.69, 9.17) is 0 Å². The summed E-state index contributed by atoms with van der Waals surface area (Å²) >= 11 is 2.94. The number of rotatable bonds is 3. The van der Waals surface area contributed by atoms with Crippen LogP contribution in [0.1, 0.15) is 4.88 Å². The van der Waals surface area contributed by atoms with E-state index in [1.54, 1.807) is 28.0 Å². The van der Waals surface area contributed by atoms with Crippen LogP contribution in [0, 0.1) is 10.1 Å². The van der Waals surface area contributed by atoms with Crippen LogP contribution in [0.3, 0.4) is 0 Å². The second-order valence-corrected chi connectivity index (χ2v) is 7.39. The molecule has 0 N–H and O–H groups in total. The molecule has 0 spiro atoms. The Morgan fingerprint density at radius 2 is 2.16 bits per heavy atom. The van der Waals surface area contributed by atoms with Gasteiger partial charge in [0.2, 0.25) is 0 Å². The highest BCUT2D eigenvalue weighted by Gasteiger charge is 2.17. The summed E-state index contributed by atoms with van der Waals surface area (Å²) in [6.07, 6.45) is 1.87. The third kappa shape index (κ3) is 2.99. The third-order valence-corrected chi connectivity index (χ3v) is 5.66. The molecule has 1 aliphatic rings. The van der Waals surface area contributed by atoms with E-state index < -0.39 is 4.92 Å². The second kappa shape index (κ2) is 6.26. The van der Waals surface area contributed by atoms with Gasteiger partial charge in [-0.2, -0.15) is 0 Å². The number of thiophene rings is 1. The molecule has 4 rings (SSSR count). The molecule has 1 aromatic carbocycles. The van der Waals surface area contributed by atoms with Crippen molar-refractivity contribution in [2.24, 2.45) is 4.99 Å². The van der Waals surface area contributed by atoms with Crippen LogP contribution in [0.25, 0.3) is 6.08 Å². The van der Waals surface area contributed by atoms with Crippen LogP contribution < -0.4 is 19.8 Å². The van der Waals surface area contributed by atoms with Crippen molar-refractivity contribution in [3.8, 4) is 0 Å². The summed E-state index contributed by atoms with van der Waals surface area (Å²) in [5.41, 5.74) is 0.602. The van der Waals surface area contributed by atoms with E-state index in [1.165, 1.54) is 23.5 Å². The minimum atomic E-state index is -0.430. The minimum Gasteiger partial charge on any atom is -0.333 e. The summed E-state index contributed by atoms with van der Waals surface area (Å²) in [5.74, 6) is 0. The molecule has 0 saturated carbocycles. The van der Waals surface area contributed by atoms with E-state index in [2.05, 4.69) is 4.99 Å². The van der Waals surface area contributed by atoms with Crippen LogP contribution in [-0.4, -0.2) is 16.2 Å². The van der Waals surface area contributed by atoms with Crippen molar-refractivity contribution < 1.29 is 4.92 Å². The van der Waals surface area contributed by atoms with Gasteiger partial charge in [0.1, 0.15) is 13.3 Å². The average molecular weight is 372 g/mol. The molecular formula is C16H12N4O3S2. The van der Waals surface area contributed by atoms with E-state index in [0.29, 0.717) is 28.4 Å². The summed E-state index contributed by atoms with van der Waals surface area (Å²) in [7, 11) is 0. The van der Waals surface area contributed by atoms with E-state index in [1.807, 2.05) is 28.5 Å². The SMILES string of the molecule is O=c1/c(=C/c2cccs2)sc2n1CN(c1cccc([N+](=O)[O-])c1)CN=2. The lowest BCUT2D eigenvalue weighted by Gasteiger charge is -2.25. The van der Waals surface area contributed by atoms with E-state index >= 15 is 0 Å². The molecule has 0 fully saturated rings. The zero-order valence-electron chi connectivity index (χ0n) is 12.9. The predicted octanol–water partition coefficient (Wildman–Crippen LogP) is 1.76. The van der Waals surface area contributed by atoms with Gasteiger partial charge in [-0.25, -0.2) is 4.99 Å². The van der Waals surface area contributed by atoms with Crippen molar-refractivity contribution in [2.45, 2.75) is 6.67 Å². The number of nitro benzene ring substituents is 1. The lowest BCUT2D eigenvalue weighted by atomic mass is 10.2. The fourth-order valence-electron chi connectivity index (χ4n) is 2.58. The first-order valence-electron chi connectivity index (χ1n) is 7.40. The van der Waals surface area contributed by atoms with Crippen molar-refractivity contribution in [3.63, 3.8) is 0 Å². The van der Waals surface area contributed by atoms with Crippen LogP contribution in [0.5, 0.6) is 0 Å². The topological polar surface area (TPSA) is 80.7 Å². The first-order chi connectivity index (χ1) is 12.1. The molecule has 2 aromatic heterocycles. The molecule has 0 radical (unpaired) electrons. The number of non-ortho nitro benzene ring substituents is 1. The maximum absolute atomic E-state index is 12.6. The smallest absolute Gasteiger partial charge is 0.271 e. The van der Waals surface area contributed by atoms with Crippen LogP contribution in [0.4, 0.5) is 11.4 Å². The Balaban J connectivity index is 1.71. The second-order valence-electron chi connectivity index (χ2n) is 5.40. The lowest BCUT2D eigenvalue weighted by Crippen LogP contribution is -2.42. The maximum atomic E-state index is 12.6. The van der Waals surface area contributed by atoms with Crippen molar-refractivity contribution in [3.05, 3.63) is 76.5 Å². The Bertz CT molecular complexity index is 1120. The largest absolute Gasteiger partial charge is 0.333 e. The summed E-state index contributed by atoms with van der Waals surface area (Å²) in [5, 5.41) is 12.9. The van der Waals surface area contributed by atoms with Gasteiger partial charge in [0.25, 0.3) is 11.2 Å². The Hall–Kier alpha value is -2.78. The van der Waals surface area contributed by atoms with Crippen LogP contribution in [0.15, 0.2) is 51.6 Å². The number of benzene rings is 1. The van der Waals surface area contributed by atoms with Crippen LogP contribution >= 0.6 is 22.7 Å². The molecule has 0 aliphatic carbocycles. The number of fused-ring (bicyclic) bond motifs is 1. The Morgan fingerprint density at radius 3 is 2.92 bits per heavy atom. The van der Waals surface area contributed by atoms with Crippen molar-refractivity contribution in [1.29, 1.82) is 0 Å².